The highest BCUT2D eigenvalue weighted by atomic mass is 19.1. The average Bonchev–Trinajstić information content (AvgIpc) is 2.76. The number of rotatable bonds is 4. The van der Waals surface area contributed by atoms with Gasteiger partial charge in [0.25, 0.3) is 0 Å². The fourth-order valence-corrected chi connectivity index (χ4v) is 1.83. The highest BCUT2D eigenvalue weighted by Gasteiger charge is 2.04. The van der Waals surface area contributed by atoms with Crippen LogP contribution in [-0.4, -0.2) is 11.6 Å². The Labute approximate surface area is 101 Å². The summed E-state index contributed by atoms with van der Waals surface area (Å²) in [6.45, 7) is 2.82. The summed E-state index contributed by atoms with van der Waals surface area (Å²) in [6, 6.07) is 9.13. The van der Waals surface area contributed by atoms with Gasteiger partial charge in [0, 0.05) is 25.0 Å². The zero-order valence-electron chi connectivity index (χ0n) is 10.2. The molecular formula is C14H17FN2. The van der Waals surface area contributed by atoms with Crippen molar-refractivity contribution >= 4 is 0 Å². The molecule has 0 amide bonds. The van der Waals surface area contributed by atoms with Crippen LogP contribution in [0.2, 0.25) is 0 Å². The van der Waals surface area contributed by atoms with Gasteiger partial charge in [-0.25, -0.2) is 4.39 Å². The molecule has 1 heterocycles. The maximum absolute atomic E-state index is 13.0. The minimum atomic E-state index is -0.182. The predicted molar refractivity (Wildman–Crippen MR) is 67.4 cm³/mol. The zero-order chi connectivity index (χ0) is 12.3. The molecular weight excluding hydrogens is 215 g/mol. The third-order valence-corrected chi connectivity index (χ3v) is 2.96. The first kappa shape index (κ1) is 11.9. The van der Waals surface area contributed by atoms with Gasteiger partial charge in [0.05, 0.1) is 0 Å². The second kappa shape index (κ2) is 5.15. The van der Waals surface area contributed by atoms with Crippen LogP contribution in [-0.2, 0) is 6.54 Å². The average molecular weight is 232 g/mol. The van der Waals surface area contributed by atoms with Crippen molar-refractivity contribution in [3.05, 3.63) is 59.7 Å². The molecule has 1 unspecified atom stereocenters. The Morgan fingerprint density at radius 2 is 2.18 bits per heavy atom. The summed E-state index contributed by atoms with van der Waals surface area (Å²) in [5.74, 6) is -0.182. The molecule has 0 aliphatic heterocycles. The van der Waals surface area contributed by atoms with E-state index in [4.69, 9.17) is 0 Å². The largest absolute Gasteiger partial charge is 0.350 e. The molecule has 0 spiro atoms. The first-order valence-corrected chi connectivity index (χ1v) is 5.76. The SMILES string of the molecule is CNC(C)c1ccn(Cc2cccc(F)c2)c1. The highest BCUT2D eigenvalue weighted by Crippen LogP contribution is 2.13. The standard InChI is InChI=1S/C14H17FN2/c1-11(16-2)13-6-7-17(10-13)9-12-4-3-5-14(15)8-12/h3-8,10-11,16H,9H2,1-2H3. The van der Waals surface area contributed by atoms with Crippen LogP contribution in [0.1, 0.15) is 24.1 Å². The summed E-state index contributed by atoms with van der Waals surface area (Å²) in [4.78, 5) is 0. The number of nitrogens with one attached hydrogen (secondary N) is 1. The van der Waals surface area contributed by atoms with Gasteiger partial charge in [0.1, 0.15) is 5.82 Å². The zero-order valence-corrected chi connectivity index (χ0v) is 10.2. The van der Waals surface area contributed by atoms with Gasteiger partial charge in [-0.05, 0) is 43.3 Å². The van der Waals surface area contributed by atoms with Crippen molar-refractivity contribution in [1.82, 2.24) is 9.88 Å². The lowest BCUT2D eigenvalue weighted by atomic mass is 10.2. The van der Waals surface area contributed by atoms with Crippen LogP contribution >= 0.6 is 0 Å². The number of aromatic nitrogens is 1. The fourth-order valence-electron chi connectivity index (χ4n) is 1.83. The summed E-state index contributed by atoms with van der Waals surface area (Å²) in [7, 11) is 1.94. The Morgan fingerprint density at radius 3 is 2.88 bits per heavy atom. The molecule has 1 N–H and O–H groups in total. The first-order valence-electron chi connectivity index (χ1n) is 5.76. The van der Waals surface area contributed by atoms with Crippen molar-refractivity contribution < 1.29 is 4.39 Å². The van der Waals surface area contributed by atoms with Gasteiger partial charge in [0.2, 0.25) is 0 Å². The summed E-state index contributed by atoms with van der Waals surface area (Å²) in [5, 5.41) is 3.19. The van der Waals surface area contributed by atoms with Crippen LogP contribution < -0.4 is 5.32 Å². The van der Waals surface area contributed by atoms with E-state index in [9.17, 15) is 4.39 Å². The third-order valence-electron chi connectivity index (χ3n) is 2.96. The molecule has 1 aromatic heterocycles. The van der Waals surface area contributed by atoms with E-state index in [0.29, 0.717) is 12.6 Å². The quantitative estimate of drug-likeness (QED) is 0.857. The Kier molecular flexibility index (Phi) is 3.59. The molecule has 0 saturated heterocycles. The van der Waals surface area contributed by atoms with E-state index in [0.717, 1.165) is 5.56 Å². The third kappa shape index (κ3) is 2.94. The van der Waals surface area contributed by atoms with E-state index in [1.807, 2.05) is 19.3 Å². The predicted octanol–water partition coefficient (Wildman–Crippen LogP) is 2.96. The van der Waals surface area contributed by atoms with Crippen LogP contribution in [0.3, 0.4) is 0 Å². The minimum absolute atomic E-state index is 0.182. The molecule has 1 atom stereocenters. The van der Waals surface area contributed by atoms with Crippen molar-refractivity contribution in [3.63, 3.8) is 0 Å². The maximum Gasteiger partial charge on any atom is 0.123 e. The smallest absolute Gasteiger partial charge is 0.123 e. The van der Waals surface area contributed by atoms with Gasteiger partial charge < -0.3 is 9.88 Å². The second-order valence-electron chi connectivity index (χ2n) is 4.26. The Morgan fingerprint density at radius 1 is 1.35 bits per heavy atom. The molecule has 0 bridgehead atoms. The Balaban J connectivity index is 2.11. The number of nitrogens with zero attached hydrogens (tertiary/aromatic N) is 1. The Bertz CT molecular complexity index is 490. The summed E-state index contributed by atoms with van der Waals surface area (Å²) < 4.78 is 15.1. The number of hydrogen-bond acceptors (Lipinski definition) is 1. The van der Waals surface area contributed by atoms with E-state index < -0.39 is 0 Å². The van der Waals surface area contributed by atoms with E-state index in [2.05, 4.69) is 29.1 Å². The van der Waals surface area contributed by atoms with Crippen molar-refractivity contribution in [1.29, 1.82) is 0 Å². The fraction of sp³-hybridized carbons (Fsp3) is 0.286. The van der Waals surface area contributed by atoms with Gasteiger partial charge in [-0.1, -0.05) is 12.1 Å². The highest BCUT2D eigenvalue weighted by molar-refractivity contribution is 5.19. The molecule has 2 rings (SSSR count). The molecule has 0 fully saturated rings. The van der Waals surface area contributed by atoms with Gasteiger partial charge in [-0.2, -0.15) is 0 Å². The van der Waals surface area contributed by atoms with Crippen molar-refractivity contribution in [3.8, 4) is 0 Å². The first-order chi connectivity index (χ1) is 8.19. The van der Waals surface area contributed by atoms with Crippen molar-refractivity contribution in [2.75, 3.05) is 7.05 Å². The molecule has 2 aromatic rings. The summed E-state index contributed by atoms with van der Waals surface area (Å²) >= 11 is 0. The molecule has 0 aliphatic carbocycles. The van der Waals surface area contributed by atoms with Crippen LogP contribution in [0.5, 0.6) is 0 Å². The van der Waals surface area contributed by atoms with E-state index in [1.54, 1.807) is 12.1 Å². The summed E-state index contributed by atoms with van der Waals surface area (Å²) in [6.07, 6.45) is 4.11. The lowest BCUT2D eigenvalue weighted by Crippen LogP contribution is -2.11. The number of halogens is 1. The van der Waals surface area contributed by atoms with Crippen molar-refractivity contribution in [2.45, 2.75) is 19.5 Å². The topological polar surface area (TPSA) is 17.0 Å². The van der Waals surface area contributed by atoms with E-state index in [1.165, 1.54) is 11.6 Å². The molecule has 0 aliphatic rings. The molecule has 17 heavy (non-hydrogen) atoms. The number of benzene rings is 1. The molecule has 90 valence electrons. The lowest BCUT2D eigenvalue weighted by Gasteiger charge is -2.07. The van der Waals surface area contributed by atoms with Crippen LogP contribution in [0, 0.1) is 5.82 Å². The molecule has 0 saturated carbocycles. The van der Waals surface area contributed by atoms with Crippen LogP contribution in [0.25, 0.3) is 0 Å². The van der Waals surface area contributed by atoms with Crippen LogP contribution in [0.15, 0.2) is 42.7 Å². The van der Waals surface area contributed by atoms with Crippen LogP contribution in [0.4, 0.5) is 4.39 Å². The molecule has 3 heteroatoms. The summed E-state index contributed by atoms with van der Waals surface area (Å²) in [5.41, 5.74) is 2.22. The molecule has 0 radical (unpaired) electrons. The second-order valence-corrected chi connectivity index (χ2v) is 4.26. The molecule has 1 aromatic carbocycles. The maximum atomic E-state index is 13.0. The van der Waals surface area contributed by atoms with E-state index in [-0.39, 0.29) is 5.82 Å². The van der Waals surface area contributed by atoms with Crippen molar-refractivity contribution in [2.24, 2.45) is 0 Å². The van der Waals surface area contributed by atoms with Gasteiger partial charge in [-0.15, -0.1) is 0 Å². The monoisotopic (exact) mass is 232 g/mol. The lowest BCUT2D eigenvalue weighted by molar-refractivity contribution is 0.623. The Hall–Kier alpha value is -1.61. The normalized spacial score (nSPS) is 12.6. The van der Waals surface area contributed by atoms with Gasteiger partial charge in [0.15, 0.2) is 0 Å². The molecule has 2 nitrogen and oxygen atoms in total. The van der Waals surface area contributed by atoms with Gasteiger partial charge >= 0.3 is 0 Å². The van der Waals surface area contributed by atoms with Gasteiger partial charge in [-0.3, -0.25) is 0 Å². The van der Waals surface area contributed by atoms with E-state index >= 15 is 0 Å². The minimum Gasteiger partial charge on any atom is -0.350 e. The number of hydrogen-bond donors (Lipinski definition) is 1.